The molecule has 9 heteroatoms. The van der Waals surface area contributed by atoms with Gasteiger partial charge in [-0.05, 0) is 49.4 Å². The fourth-order valence-corrected chi connectivity index (χ4v) is 4.02. The number of hydrogen-bond acceptors (Lipinski definition) is 5. The molecule has 4 aromatic rings. The second-order valence-electron chi connectivity index (χ2n) is 6.40. The molecule has 0 unspecified atom stereocenters. The van der Waals surface area contributed by atoms with Gasteiger partial charge < -0.3 is 10.1 Å². The molecule has 152 valence electrons. The van der Waals surface area contributed by atoms with Crippen molar-refractivity contribution in [3.05, 3.63) is 75.2 Å². The third kappa shape index (κ3) is 4.18. The van der Waals surface area contributed by atoms with Gasteiger partial charge in [-0.15, -0.1) is 11.3 Å². The zero-order chi connectivity index (χ0) is 21.3. The van der Waals surface area contributed by atoms with E-state index in [1.807, 2.05) is 36.6 Å². The van der Waals surface area contributed by atoms with Gasteiger partial charge in [0.1, 0.15) is 11.6 Å². The Hall–Kier alpha value is -2.87. The first-order valence-corrected chi connectivity index (χ1v) is 10.5. The third-order valence-electron chi connectivity index (χ3n) is 4.31. The van der Waals surface area contributed by atoms with E-state index in [0.29, 0.717) is 21.0 Å². The lowest BCUT2D eigenvalue weighted by atomic mass is 10.2. The lowest BCUT2D eigenvalue weighted by Crippen LogP contribution is -2.15. The Morgan fingerprint density at radius 2 is 1.90 bits per heavy atom. The first-order valence-electron chi connectivity index (χ1n) is 8.88. The summed E-state index contributed by atoms with van der Waals surface area (Å²) in [6, 6.07) is 14.2. The van der Waals surface area contributed by atoms with Gasteiger partial charge in [0.15, 0.2) is 0 Å². The van der Waals surface area contributed by atoms with E-state index in [0.717, 1.165) is 22.7 Å². The van der Waals surface area contributed by atoms with Gasteiger partial charge in [0.2, 0.25) is 5.13 Å². The molecule has 0 aliphatic rings. The van der Waals surface area contributed by atoms with E-state index in [4.69, 9.17) is 27.9 Å². The van der Waals surface area contributed by atoms with Crippen molar-refractivity contribution in [1.82, 2.24) is 14.8 Å². The Bertz CT molecular complexity index is 1220. The van der Waals surface area contributed by atoms with Crippen LogP contribution in [0.3, 0.4) is 0 Å². The summed E-state index contributed by atoms with van der Waals surface area (Å²) in [6.07, 6.45) is 0. The average Bonchev–Trinajstić information content (AvgIpc) is 3.36. The number of ether oxygens (including phenoxy) is 1. The summed E-state index contributed by atoms with van der Waals surface area (Å²) < 4.78 is 6.80. The van der Waals surface area contributed by atoms with Crippen LogP contribution < -0.4 is 10.1 Å². The molecule has 0 aliphatic carbocycles. The first kappa shape index (κ1) is 20.4. The number of hydrogen-bond donors (Lipinski definition) is 1. The number of aromatic nitrogens is 3. The summed E-state index contributed by atoms with van der Waals surface area (Å²) >= 11 is 13.6. The average molecular weight is 459 g/mol. The van der Waals surface area contributed by atoms with E-state index < -0.39 is 0 Å². The van der Waals surface area contributed by atoms with Gasteiger partial charge >= 0.3 is 0 Å². The highest BCUT2D eigenvalue weighted by Gasteiger charge is 2.17. The van der Waals surface area contributed by atoms with Gasteiger partial charge in [0, 0.05) is 22.0 Å². The Balaban J connectivity index is 1.63. The second kappa shape index (κ2) is 8.47. The number of nitrogens with zero attached hydrogens (tertiary/aromatic N) is 3. The van der Waals surface area contributed by atoms with Gasteiger partial charge in [-0.3, -0.25) is 4.79 Å². The number of carbonyl (C=O) groups is 1. The summed E-state index contributed by atoms with van der Waals surface area (Å²) in [5.41, 5.74) is 2.79. The Kier molecular flexibility index (Phi) is 5.76. The largest absolute Gasteiger partial charge is 0.497 e. The van der Waals surface area contributed by atoms with Crippen LogP contribution in [0, 0.1) is 6.92 Å². The van der Waals surface area contributed by atoms with E-state index in [1.165, 1.54) is 17.4 Å². The number of rotatable bonds is 5. The van der Waals surface area contributed by atoms with Crippen molar-refractivity contribution in [2.45, 2.75) is 6.92 Å². The highest BCUT2D eigenvalue weighted by Crippen LogP contribution is 2.28. The van der Waals surface area contributed by atoms with Crippen LogP contribution >= 0.6 is 34.5 Å². The number of carbonyl (C=O) groups excluding carboxylic acids is 1. The molecule has 2 heterocycles. The Morgan fingerprint density at radius 1 is 1.13 bits per heavy atom. The van der Waals surface area contributed by atoms with Gasteiger partial charge in [-0.2, -0.15) is 9.78 Å². The standard InChI is InChI=1S/C21H16Cl2N4O2S/c1-12-9-19(25-20(28)16-10-14(22)5-8-17(16)23)27(26-12)21-24-18(11-30-21)13-3-6-15(29-2)7-4-13/h3-11H,1-2H3,(H,25,28). The van der Waals surface area contributed by atoms with Gasteiger partial charge in [-0.25, -0.2) is 4.98 Å². The molecule has 0 radical (unpaired) electrons. The first-order chi connectivity index (χ1) is 14.4. The minimum absolute atomic E-state index is 0.285. The van der Waals surface area contributed by atoms with Crippen LogP contribution in [0.4, 0.5) is 5.82 Å². The van der Waals surface area contributed by atoms with Crippen LogP contribution in [0.1, 0.15) is 16.1 Å². The summed E-state index contributed by atoms with van der Waals surface area (Å²) in [7, 11) is 1.63. The number of aryl methyl sites for hydroxylation is 1. The SMILES string of the molecule is COc1ccc(-c2csc(-n3nc(C)cc3NC(=O)c3cc(Cl)ccc3Cl)n2)cc1. The predicted octanol–water partition coefficient (Wildman–Crippen LogP) is 5.87. The molecule has 0 saturated carbocycles. The van der Waals surface area contributed by atoms with Crippen molar-refractivity contribution >= 4 is 46.3 Å². The number of methoxy groups -OCH3 is 1. The van der Waals surface area contributed by atoms with Crippen LogP contribution in [-0.4, -0.2) is 27.8 Å². The van der Waals surface area contributed by atoms with Crippen LogP contribution in [0.5, 0.6) is 5.75 Å². The van der Waals surface area contributed by atoms with E-state index in [2.05, 4.69) is 15.4 Å². The number of anilines is 1. The number of amides is 1. The minimum Gasteiger partial charge on any atom is -0.497 e. The van der Waals surface area contributed by atoms with Crippen molar-refractivity contribution < 1.29 is 9.53 Å². The Labute approximate surface area is 187 Å². The maximum atomic E-state index is 12.7. The van der Waals surface area contributed by atoms with Crippen LogP contribution in [-0.2, 0) is 0 Å². The van der Waals surface area contributed by atoms with E-state index in [9.17, 15) is 4.79 Å². The minimum atomic E-state index is -0.379. The summed E-state index contributed by atoms with van der Waals surface area (Å²) in [5.74, 6) is 0.890. The maximum absolute atomic E-state index is 12.7. The molecule has 0 atom stereocenters. The van der Waals surface area contributed by atoms with Crippen LogP contribution in [0.15, 0.2) is 53.9 Å². The molecular formula is C21H16Cl2N4O2S. The van der Waals surface area contributed by atoms with Crippen molar-refractivity contribution in [2.75, 3.05) is 12.4 Å². The quantitative estimate of drug-likeness (QED) is 0.405. The smallest absolute Gasteiger partial charge is 0.258 e. The molecule has 1 amide bonds. The zero-order valence-electron chi connectivity index (χ0n) is 16.0. The van der Waals surface area contributed by atoms with Crippen LogP contribution in [0.25, 0.3) is 16.4 Å². The normalized spacial score (nSPS) is 10.8. The molecule has 2 aromatic carbocycles. The Morgan fingerprint density at radius 3 is 2.63 bits per heavy atom. The fraction of sp³-hybridized carbons (Fsp3) is 0.0952. The highest BCUT2D eigenvalue weighted by molar-refractivity contribution is 7.12. The summed E-state index contributed by atoms with van der Waals surface area (Å²) in [6.45, 7) is 1.84. The number of benzene rings is 2. The molecule has 0 fully saturated rings. The fourth-order valence-electron chi connectivity index (χ4n) is 2.85. The predicted molar refractivity (Wildman–Crippen MR) is 120 cm³/mol. The molecular weight excluding hydrogens is 443 g/mol. The topological polar surface area (TPSA) is 69.0 Å². The van der Waals surface area contributed by atoms with Crippen molar-refractivity contribution in [3.8, 4) is 22.1 Å². The zero-order valence-corrected chi connectivity index (χ0v) is 18.3. The van der Waals surface area contributed by atoms with Gasteiger partial charge in [0.25, 0.3) is 5.91 Å². The third-order valence-corrected chi connectivity index (χ3v) is 5.69. The summed E-state index contributed by atoms with van der Waals surface area (Å²) in [4.78, 5) is 17.4. The number of thiazole rings is 1. The van der Waals surface area contributed by atoms with Crippen molar-refractivity contribution in [3.63, 3.8) is 0 Å². The lowest BCUT2D eigenvalue weighted by molar-refractivity contribution is 0.102. The maximum Gasteiger partial charge on any atom is 0.258 e. The monoisotopic (exact) mass is 458 g/mol. The van der Waals surface area contributed by atoms with Gasteiger partial charge in [0.05, 0.1) is 29.1 Å². The van der Waals surface area contributed by atoms with E-state index in [1.54, 1.807) is 30.0 Å². The summed E-state index contributed by atoms with van der Waals surface area (Å²) in [5, 5.41) is 10.6. The highest BCUT2D eigenvalue weighted by atomic mass is 35.5. The molecule has 30 heavy (non-hydrogen) atoms. The van der Waals surface area contributed by atoms with E-state index in [-0.39, 0.29) is 11.5 Å². The number of halogens is 2. The van der Waals surface area contributed by atoms with Crippen molar-refractivity contribution in [2.24, 2.45) is 0 Å². The van der Waals surface area contributed by atoms with Crippen molar-refractivity contribution in [1.29, 1.82) is 0 Å². The molecule has 2 aromatic heterocycles. The molecule has 6 nitrogen and oxygen atoms in total. The van der Waals surface area contributed by atoms with Crippen LogP contribution in [0.2, 0.25) is 10.0 Å². The van der Waals surface area contributed by atoms with E-state index >= 15 is 0 Å². The molecule has 0 spiro atoms. The molecule has 1 N–H and O–H groups in total. The molecule has 0 bridgehead atoms. The number of nitrogens with one attached hydrogen (secondary N) is 1. The van der Waals surface area contributed by atoms with Gasteiger partial charge in [-0.1, -0.05) is 23.2 Å². The second-order valence-corrected chi connectivity index (χ2v) is 8.09. The lowest BCUT2D eigenvalue weighted by Gasteiger charge is -2.08. The molecule has 0 saturated heterocycles. The molecule has 4 rings (SSSR count). The molecule has 0 aliphatic heterocycles.